The first kappa shape index (κ1) is 17.6. The lowest BCUT2D eigenvalue weighted by Crippen LogP contribution is -2.37. The number of benzene rings is 1. The van der Waals surface area contributed by atoms with Crippen LogP contribution in [0.15, 0.2) is 34.9 Å². The molecule has 0 saturated heterocycles. The van der Waals surface area contributed by atoms with E-state index in [1.807, 2.05) is 30.3 Å². The van der Waals surface area contributed by atoms with Gasteiger partial charge >= 0.3 is 0 Å². The summed E-state index contributed by atoms with van der Waals surface area (Å²) >= 11 is 0. The number of nitrogens with zero attached hydrogens (tertiary/aromatic N) is 3. The summed E-state index contributed by atoms with van der Waals surface area (Å²) in [4.78, 5) is 4.21. The molecular weight excluding hydrogens is 316 g/mol. The molecule has 1 N–H and O–H groups in total. The lowest BCUT2D eigenvalue weighted by molar-refractivity contribution is 0.331. The van der Waals surface area contributed by atoms with E-state index in [9.17, 15) is 8.42 Å². The highest BCUT2D eigenvalue weighted by Crippen LogP contribution is 2.08. The predicted molar refractivity (Wildman–Crippen MR) is 86.5 cm³/mol. The fraction of sp³-hybridized carbons (Fsp3) is 0.467. The van der Waals surface area contributed by atoms with E-state index in [0.29, 0.717) is 18.2 Å². The average Bonchev–Trinajstić information content (AvgIpc) is 2.92. The van der Waals surface area contributed by atoms with E-state index < -0.39 is 10.2 Å². The van der Waals surface area contributed by atoms with Gasteiger partial charge < -0.3 is 4.52 Å². The summed E-state index contributed by atoms with van der Waals surface area (Å²) in [6.45, 7) is 4.38. The minimum Gasteiger partial charge on any atom is -0.338 e. The van der Waals surface area contributed by atoms with Gasteiger partial charge in [-0.05, 0) is 11.5 Å². The summed E-state index contributed by atoms with van der Waals surface area (Å²) in [5, 5.41) is 3.86. The number of aromatic nitrogens is 2. The van der Waals surface area contributed by atoms with Gasteiger partial charge in [0.15, 0.2) is 5.82 Å². The summed E-state index contributed by atoms with van der Waals surface area (Å²) in [7, 11) is -2.14. The Morgan fingerprint density at radius 3 is 2.61 bits per heavy atom. The normalized spacial score (nSPS) is 12.2. The van der Waals surface area contributed by atoms with Gasteiger partial charge in [-0.25, -0.2) is 0 Å². The fourth-order valence-electron chi connectivity index (χ4n) is 1.96. The summed E-state index contributed by atoms with van der Waals surface area (Å²) in [6.07, 6.45) is 0.701. The van der Waals surface area contributed by atoms with Crippen molar-refractivity contribution in [1.29, 1.82) is 0 Å². The van der Waals surface area contributed by atoms with Crippen LogP contribution in [0, 0.1) is 5.92 Å². The van der Waals surface area contributed by atoms with Crippen LogP contribution in [0.3, 0.4) is 0 Å². The van der Waals surface area contributed by atoms with Crippen LogP contribution in [0.2, 0.25) is 0 Å². The van der Waals surface area contributed by atoms with Crippen LogP contribution in [0.25, 0.3) is 0 Å². The first-order valence-electron chi connectivity index (χ1n) is 7.43. The van der Waals surface area contributed by atoms with E-state index in [1.54, 1.807) is 0 Å². The molecule has 0 atom stereocenters. The Kier molecular flexibility index (Phi) is 5.86. The van der Waals surface area contributed by atoms with Gasteiger partial charge in [0.1, 0.15) is 0 Å². The molecule has 8 heteroatoms. The minimum absolute atomic E-state index is 0.0369. The van der Waals surface area contributed by atoms with Crippen molar-refractivity contribution < 1.29 is 12.9 Å². The molecule has 7 nitrogen and oxygen atoms in total. The number of hydrogen-bond donors (Lipinski definition) is 1. The minimum atomic E-state index is -3.61. The van der Waals surface area contributed by atoms with Crippen molar-refractivity contribution in [2.45, 2.75) is 33.4 Å². The van der Waals surface area contributed by atoms with E-state index in [4.69, 9.17) is 4.52 Å². The second-order valence-corrected chi connectivity index (χ2v) is 7.63. The first-order valence-corrected chi connectivity index (χ1v) is 8.87. The van der Waals surface area contributed by atoms with Crippen molar-refractivity contribution in [3.05, 3.63) is 47.6 Å². The number of rotatable bonds is 8. The SMILES string of the molecule is CC(C)Cc1noc(CN(C)S(=O)(=O)NCc2ccccc2)n1. The molecule has 1 aromatic carbocycles. The summed E-state index contributed by atoms with van der Waals surface area (Å²) in [6, 6.07) is 9.33. The van der Waals surface area contributed by atoms with Crippen LogP contribution in [-0.2, 0) is 29.7 Å². The van der Waals surface area contributed by atoms with E-state index in [0.717, 1.165) is 9.87 Å². The monoisotopic (exact) mass is 338 g/mol. The largest absolute Gasteiger partial charge is 0.338 e. The molecule has 0 fully saturated rings. The highest BCUT2D eigenvalue weighted by molar-refractivity contribution is 7.87. The molecule has 2 rings (SSSR count). The van der Waals surface area contributed by atoms with Crippen LogP contribution < -0.4 is 4.72 Å². The molecule has 2 aromatic rings. The van der Waals surface area contributed by atoms with Gasteiger partial charge in [-0.3, -0.25) is 0 Å². The molecular formula is C15H22N4O3S. The Hall–Kier alpha value is -1.77. The average molecular weight is 338 g/mol. The fourth-order valence-corrected chi connectivity index (χ4v) is 2.81. The third kappa shape index (κ3) is 5.42. The Bertz CT molecular complexity index is 713. The molecule has 0 spiro atoms. The van der Waals surface area contributed by atoms with E-state index >= 15 is 0 Å². The molecule has 1 heterocycles. The molecule has 126 valence electrons. The highest BCUT2D eigenvalue weighted by atomic mass is 32.2. The predicted octanol–water partition coefficient (Wildman–Crippen LogP) is 1.73. The van der Waals surface area contributed by atoms with Crippen LogP contribution in [-0.4, -0.2) is 29.9 Å². The third-order valence-electron chi connectivity index (χ3n) is 3.17. The second kappa shape index (κ2) is 7.67. The third-order valence-corrected chi connectivity index (χ3v) is 4.63. The topological polar surface area (TPSA) is 88.3 Å². The van der Waals surface area contributed by atoms with Gasteiger partial charge in [0, 0.05) is 20.0 Å². The molecule has 0 saturated carbocycles. The van der Waals surface area contributed by atoms with Gasteiger partial charge in [-0.2, -0.15) is 22.4 Å². The van der Waals surface area contributed by atoms with Gasteiger partial charge in [-0.15, -0.1) is 0 Å². The summed E-state index contributed by atoms with van der Waals surface area (Å²) < 4.78 is 33.2. The number of hydrogen-bond acceptors (Lipinski definition) is 5. The molecule has 0 bridgehead atoms. The molecule has 0 aliphatic rings. The molecule has 1 aromatic heterocycles. The molecule has 0 unspecified atom stereocenters. The van der Waals surface area contributed by atoms with Gasteiger partial charge in [0.25, 0.3) is 10.2 Å². The van der Waals surface area contributed by atoms with Crippen molar-refractivity contribution in [3.63, 3.8) is 0 Å². The highest BCUT2D eigenvalue weighted by Gasteiger charge is 2.20. The van der Waals surface area contributed by atoms with Gasteiger partial charge in [0.2, 0.25) is 5.89 Å². The zero-order chi connectivity index (χ0) is 16.9. The standard InChI is InChI=1S/C15H22N4O3S/c1-12(2)9-14-17-15(22-18-14)11-19(3)23(20,21)16-10-13-7-5-4-6-8-13/h4-8,12,16H,9-11H2,1-3H3. The van der Waals surface area contributed by atoms with Gasteiger partial charge in [-0.1, -0.05) is 49.3 Å². The van der Waals surface area contributed by atoms with Crippen molar-refractivity contribution >= 4 is 10.2 Å². The van der Waals surface area contributed by atoms with E-state index in [-0.39, 0.29) is 19.0 Å². The maximum Gasteiger partial charge on any atom is 0.279 e. The van der Waals surface area contributed by atoms with Gasteiger partial charge in [0.05, 0.1) is 6.54 Å². The molecule has 0 radical (unpaired) electrons. The Morgan fingerprint density at radius 2 is 1.96 bits per heavy atom. The molecule has 0 amide bonds. The van der Waals surface area contributed by atoms with Crippen molar-refractivity contribution in [2.24, 2.45) is 5.92 Å². The molecule has 0 aliphatic carbocycles. The maximum atomic E-state index is 12.2. The Balaban J connectivity index is 1.93. The Labute approximate surface area is 136 Å². The lowest BCUT2D eigenvalue weighted by atomic mass is 10.1. The molecule has 0 aliphatic heterocycles. The van der Waals surface area contributed by atoms with Crippen LogP contribution in [0.5, 0.6) is 0 Å². The van der Waals surface area contributed by atoms with Crippen LogP contribution >= 0.6 is 0 Å². The smallest absolute Gasteiger partial charge is 0.279 e. The number of nitrogens with one attached hydrogen (secondary N) is 1. The van der Waals surface area contributed by atoms with Crippen molar-refractivity contribution in [3.8, 4) is 0 Å². The first-order chi connectivity index (χ1) is 10.9. The zero-order valence-electron chi connectivity index (χ0n) is 13.6. The quantitative estimate of drug-likeness (QED) is 0.792. The maximum absolute atomic E-state index is 12.2. The van der Waals surface area contributed by atoms with E-state index in [1.165, 1.54) is 7.05 Å². The van der Waals surface area contributed by atoms with Crippen molar-refractivity contribution in [1.82, 2.24) is 19.2 Å². The summed E-state index contributed by atoms with van der Waals surface area (Å²) in [5.74, 6) is 1.29. The van der Waals surface area contributed by atoms with E-state index in [2.05, 4.69) is 28.7 Å². The molecule has 23 heavy (non-hydrogen) atoms. The van der Waals surface area contributed by atoms with Crippen LogP contribution in [0.1, 0.15) is 31.1 Å². The second-order valence-electron chi connectivity index (χ2n) is 5.77. The Morgan fingerprint density at radius 1 is 1.26 bits per heavy atom. The summed E-state index contributed by atoms with van der Waals surface area (Å²) in [5.41, 5.74) is 0.890. The lowest BCUT2D eigenvalue weighted by Gasteiger charge is -2.15. The van der Waals surface area contributed by atoms with Crippen LogP contribution in [0.4, 0.5) is 0 Å². The van der Waals surface area contributed by atoms with Crippen molar-refractivity contribution in [2.75, 3.05) is 7.05 Å². The zero-order valence-corrected chi connectivity index (χ0v) is 14.4.